The van der Waals surface area contributed by atoms with Gasteiger partial charge in [0, 0.05) is 24.8 Å². The minimum atomic E-state index is -5.01. The quantitative estimate of drug-likeness (QED) is 0.288. The molecule has 4 heterocycles. The number of carboxylic acids is 1. The summed E-state index contributed by atoms with van der Waals surface area (Å²) < 4.78 is 86.1. The lowest BCUT2D eigenvalue weighted by Crippen LogP contribution is -2.40. The van der Waals surface area contributed by atoms with Crippen molar-refractivity contribution in [3.05, 3.63) is 65.6 Å². The zero-order chi connectivity index (χ0) is 30.2. The van der Waals surface area contributed by atoms with Crippen LogP contribution in [0.1, 0.15) is 35.8 Å². The van der Waals surface area contributed by atoms with E-state index in [0.717, 1.165) is 12.3 Å². The average Bonchev–Trinajstić information content (AvgIpc) is 3.61. The van der Waals surface area contributed by atoms with Crippen LogP contribution in [-0.4, -0.2) is 65.6 Å². The first kappa shape index (κ1) is 29.2. The summed E-state index contributed by atoms with van der Waals surface area (Å²) in [5, 5.41) is 27.3. The van der Waals surface area contributed by atoms with Gasteiger partial charge in [0.2, 0.25) is 5.82 Å². The lowest BCUT2D eigenvalue weighted by atomic mass is 9.97. The van der Waals surface area contributed by atoms with Gasteiger partial charge >= 0.3 is 18.3 Å². The van der Waals surface area contributed by atoms with E-state index < -0.39 is 58.9 Å². The summed E-state index contributed by atoms with van der Waals surface area (Å²) >= 11 is 0. The van der Waals surface area contributed by atoms with Crippen molar-refractivity contribution < 1.29 is 45.9 Å². The minimum Gasteiger partial charge on any atom is -0.481 e. The number of aromatic nitrogens is 5. The summed E-state index contributed by atoms with van der Waals surface area (Å²) in [7, 11) is 0. The van der Waals surface area contributed by atoms with Crippen molar-refractivity contribution in [2.24, 2.45) is 5.92 Å². The van der Waals surface area contributed by atoms with Crippen LogP contribution < -0.4 is 0 Å². The Balaban J connectivity index is 1.35. The molecule has 3 aromatic heterocycles. The number of alkyl halides is 6. The summed E-state index contributed by atoms with van der Waals surface area (Å²) in [6, 6.07) is 7.62. The molecule has 1 aliphatic heterocycles. The van der Waals surface area contributed by atoms with E-state index in [9.17, 15) is 41.4 Å². The number of piperidine rings is 1. The molecule has 0 aliphatic carbocycles. The van der Waals surface area contributed by atoms with Gasteiger partial charge < -0.3 is 14.7 Å². The zero-order valence-corrected chi connectivity index (χ0v) is 21.5. The van der Waals surface area contributed by atoms with Crippen LogP contribution in [0, 0.1) is 5.92 Å². The third kappa shape index (κ3) is 6.13. The number of hydrogen-bond acceptors (Lipinski definition) is 8. The summed E-state index contributed by atoms with van der Waals surface area (Å²) in [5.74, 6) is -2.45. The maximum atomic E-state index is 14.0. The van der Waals surface area contributed by atoms with Gasteiger partial charge in [-0.05, 0) is 37.1 Å². The number of β-amino-alcohol motifs (C(OH)–C–C–N with tert-alkyl or cyclic N) is 1. The molecule has 222 valence electrons. The van der Waals surface area contributed by atoms with E-state index in [2.05, 4.69) is 20.2 Å². The fourth-order valence-electron chi connectivity index (χ4n) is 4.71. The van der Waals surface area contributed by atoms with E-state index in [1.807, 2.05) is 4.90 Å². The highest BCUT2D eigenvalue weighted by atomic mass is 19.4. The predicted octanol–water partition coefficient (Wildman–Crippen LogP) is 4.85. The van der Waals surface area contributed by atoms with E-state index in [-0.39, 0.29) is 12.4 Å². The van der Waals surface area contributed by atoms with Crippen LogP contribution in [0.4, 0.5) is 26.3 Å². The lowest BCUT2D eigenvalue weighted by molar-refractivity contribution is -0.144. The van der Waals surface area contributed by atoms with Crippen LogP contribution in [0.3, 0.4) is 0 Å². The summed E-state index contributed by atoms with van der Waals surface area (Å²) in [6.45, 7) is 1.23. The van der Waals surface area contributed by atoms with E-state index in [0.29, 0.717) is 54.0 Å². The lowest BCUT2D eigenvalue weighted by Gasteiger charge is -2.32. The van der Waals surface area contributed by atoms with Crippen molar-refractivity contribution in [3.8, 4) is 28.7 Å². The summed E-state index contributed by atoms with van der Waals surface area (Å²) in [4.78, 5) is 20.7. The first-order chi connectivity index (χ1) is 19.8. The predicted molar refractivity (Wildman–Crippen MR) is 132 cm³/mol. The highest BCUT2D eigenvalue weighted by molar-refractivity contribution is 5.70. The first-order valence-electron chi connectivity index (χ1n) is 12.6. The van der Waals surface area contributed by atoms with Crippen molar-refractivity contribution in [1.82, 2.24) is 29.8 Å². The number of aliphatic hydroxyl groups excluding tert-OH is 1. The highest BCUT2D eigenvalue weighted by Crippen LogP contribution is 2.38. The number of carbonyl (C=O) groups is 1. The molecule has 1 aromatic carbocycles. The van der Waals surface area contributed by atoms with Crippen LogP contribution in [0.2, 0.25) is 0 Å². The number of halogens is 6. The van der Waals surface area contributed by atoms with Crippen LogP contribution >= 0.6 is 0 Å². The Morgan fingerprint density at radius 2 is 1.79 bits per heavy atom. The molecule has 2 atom stereocenters. The molecule has 16 heteroatoms. The number of aliphatic carboxylic acids is 1. The molecule has 0 spiro atoms. The number of likely N-dealkylation sites (tertiary alicyclic amines) is 1. The number of pyridine rings is 1. The third-order valence-electron chi connectivity index (χ3n) is 6.83. The van der Waals surface area contributed by atoms with Crippen molar-refractivity contribution in [2.75, 3.05) is 19.6 Å². The van der Waals surface area contributed by atoms with Gasteiger partial charge in [0.25, 0.3) is 5.89 Å². The number of aliphatic hydroxyl groups is 1. The molecule has 4 aromatic rings. The van der Waals surface area contributed by atoms with E-state index in [4.69, 9.17) is 4.52 Å². The SMILES string of the molecule is O=C(O)[C@H]1CCCN(C[C@@H](O)c2ccc(-c3noc(-c4cnn(-c5ccc(C(F)(F)F)cn5)c4C(F)(F)F)n3)cc2)C1. The average molecular weight is 596 g/mol. The zero-order valence-electron chi connectivity index (χ0n) is 21.5. The molecular formula is C26H22F6N6O4. The topological polar surface area (TPSA) is 130 Å². The minimum absolute atomic E-state index is 0.0556. The molecule has 0 radical (unpaired) electrons. The van der Waals surface area contributed by atoms with Crippen molar-refractivity contribution in [2.45, 2.75) is 31.3 Å². The van der Waals surface area contributed by atoms with Gasteiger partial charge in [-0.1, -0.05) is 29.4 Å². The van der Waals surface area contributed by atoms with Crippen LogP contribution in [0.5, 0.6) is 0 Å². The van der Waals surface area contributed by atoms with E-state index in [1.54, 1.807) is 24.3 Å². The van der Waals surface area contributed by atoms with Gasteiger partial charge in [-0.2, -0.15) is 36.4 Å². The molecule has 42 heavy (non-hydrogen) atoms. The first-order valence-corrected chi connectivity index (χ1v) is 12.6. The van der Waals surface area contributed by atoms with Crippen LogP contribution in [0.25, 0.3) is 28.7 Å². The van der Waals surface area contributed by atoms with Gasteiger partial charge in [-0.25, -0.2) is 9.67 Å². The maximum Gasteiger partial charge on any atom is 0.434 e. The molecule has 1 saturated heterocycles. The van der Waals surface area contributed by atoms with Gasteiger partial charge in [0.15, 0.2) is 11.5 Å². The maximum absolute atomic E-state index is 14.0. The fourth-order valence-corrected chi connectivity index (χ4v) is 4.71. The fraction of sp³-hybridized carbons (Fsp3) is 0.346. The van der Waals surface area contributed by atoms with Gasteiger partial charge in [-0.15, -0.1) is 0 Å². The van der Waals surface area contributed by atoms with Crippen molar-refractivity contribution in [3.63, 3.8) is 0 Å². The monoisotopic (exact) mass is 596 g/mol. The van der Waals surface area contributed by atoms with Gasteiger partial charge in [0.1, 0.15) is 0 Å². The van der Waals surface area contributed by atoms with Crippen molar-refractivity contribution >= 4 is 5.97 Å². The Morgan fingerprint density at radius 3 is 2.40 bits per heavy atom. The normalized spacial score (nSPS) is 17.4. The Kier molecular flexibility index (Phi) is 7.76. The molecular weight excluding hydrogens is 574 g/mol. The molecule has 1 fully saturated rings. The third-order valence-corrected chi connectivity index (χ3v) is 6.83. The summed E-state index contributed by atoms with van der Waals surface area (Å²) in [5.41, 5.74) is -2.20. The van der Waals surface area contributed by atoms with Crippen LogP contribution in [0.15, 0.2) is 53.3 Å². The molecule has 0 amide bonds. The molecule has 5 rings (SSSR count). The molecule has 0 unspecified atom stereocenters. The Labute approximate surface area is 233 Å². The summed E-state index contributed by atoms with van der Waals surface area (Å²) in [6.07, 6.45) is -8.15. The number of carboxylic acid groups (broad SMARTS) is 1. The largest absolute Gasteiger partial charge is 0.481 e. The number of hydrogen-bond donors (Lipinski definition) is 2. The van der Waals surface area contributed by atoms with Crippen molar-refractivity contribution in [1.29, 1.82) is 0 Å². The highest BCUT2D eigenvalue weighted by Gasteiger charge is 2.41. The Morgan fingerprint density at radius 1 is 1.05 bits per heavy atom. The Hall–Kier alpha value is -4.31. The molecule has 0 bridgehead atoms. The van der Waals surface area contributed by atoms with Crippen LogP contribution in [-0.2, 0) is 17.1 Å². The molecule has 10 nitrogen and oxygen atoms in total. The Bertz CT molecular complexity index is 1550. The number of benzene rings is 1. The van der Waals surface area contributed by atoms with Gasteiger partial charge in [-0.3, -0.25) is 9.69 Å². The smallest absolute Gasteiger partial charge is 0.434 e. The molecule has 0 saturated carbocycles. The number of nitrogens with zero attached hydrogens (tertiary/aromatic N) is 6. The molecule has 2 N–H and O–H groups in total. The number of rotatable bonds is 7. The van der Waals surface area contributed by atoms with Gasteiger partial charge in [0.05, 0.1) is 29.3 Å². The second-order valence-corrected chi connectivity index (χ2v) is 9.72. The second kappa shape index (κ2) is 11.2. The standard InChI is InChI=1S/C26H22F6N6O4/c27-25(28,29)17-7-8-20(33-10-17)38-21(26(30,31)32)18(11-34-38)23-35-22(36-42-23)15-5-3-14(4-6-15)19(39)13-37-9-1-2-16(12-37)24(40)41/h3-8,10-11,16,19,39H,1-2,9,12-13H2,(H,40,41)/t16-,19+/m0/s1. The van der Waals surface area contributed by atoms with E-state index in [1.165, 1.54) is 0 Å². The van der Waals surface area contributed by atoms with E-state index >= 15 is 0 Å². The molecule has 1 aliphatic rings. The second-order valence-electron chi connectivity index (χ2n) is 9.72.